The third-order valence-electron chi connectivity index (χ3n) is 2.50. The van der Waals surface area contributed by atoms with Gasteiger partial charge in [0.05, 0.1) is 14.2 Å². The van der Waals surface area contributed by atoms with Gasteiger partial charge in [0.15, 0.2) is 0 Å². The van der Waals surface area contributed by atoms with Crippen LogP contribution < -0.4 is 9.47 Å². The predicted molar refractivity (Wildman–Crippen MR) is 63.2 cm³/mol. The van der Waals surface area contributed by atoms with Gasteiger partial charge in [0.2, 0.25) is 0 Å². The Bertz CT molecular complexity index is 336. The van der Waals surface area contributed by atoms with E-state index in [1.807, 2.05) is 25.1 Å². The summed E-state index contributed by atoms with van der Waals surface area (Å²) < 4.78 is 10.3. The second-order valence-corrected chi connectivity index (χ2v) is 3.61. The molecule has 0 radical (unpaired) electrons. The maximum atomic E-state index is 11.2. The van der Waals surface area contributed by atoms with Crippen LogP contribution in [0, 0.1) is 0 Å². The number of hydrogen-bond acceptors (Lipinski definition) is 3. The number of benzene rings is 1. The Hall–Kier alpha value is -1.51. The van der Waals surface area contributed by atoms with Gasteiger partial charge in [0.1, 0.15) is 17.3 Å². The Morgan fingerprint density at radius 2 is 1.69 bits per heavy atom. The number of rotatable bonds is 6. The summed E-state index contributed by atoms with van der Waals surface area (Å²) in [5.41, 5.74) is 1.07. The molecule has 0 saturated heterocycles. The number of ether oxygens (including phenoxy) is 2. The van der Waals surface area contributed by atoms with Crippen LogP contribution in [0.15, 0.2) is 18.2 Å². The van der Waals surface area contributed by atoms with Crippen molar-refractivity contribution in [2.24, 2.45) is 0 Å². The molecule has 0 unspecified atom stereocenters. The second kappa shape index (κ2) is 6.16. The van der Waals surface area contributed by atoms with Crippen LogP contribution in [0.5, 0.6) is 11.5 Å². The van der Waals surface area contributed by atoms with Crippen molar-refractivity contribution in [2.75, 3.05) is 14.2 Å². The minimum atomic E-state index is 0.279. The van der Waals surface area contributed by atoms with Crippen molar-refractivity contribution < 1.29 is 14.3 Å². The highest BCUT2D eigenvalue weighted by molar-refractivity contribution is 5.78. The highest BCUT2D eigenvalue weighted by Crippen LogP contribution is 2.23. The summed E-state index contributed by atoms with van der Waals surface area (Å²) in [5, 5.41) is 0. The van der Waals surface area contributed by atoms with Crippen LogP contribution >= 0.6 is 0 Å². The third-order valence-corrected chi connectivity index (χ3v) is 2.50. The smallest absolute Gasteiger partial charge is 0.132 e. The Morgan fingerprint density at radius 1 is 1.12 bits per heavy atom. The highest BCUT2D eigenvalue weighted by atomic mass is 16.5. The molecule has 3 heteroatoms. The van der Waals surface area contributed by atoms with E-state index in [-0.39, 0.29) is 5.78 Å². The van der Waals surface area contributed by atoms with Crippen molar-refractivity contribution >= 4 is 5.78 Å². The van der Waals surface area contributed by atoms with E-state index >= 15 is 0 Å². The summed E-state index contributed by atoms with van der Waals surface area (Å²) in [7, 11) is 3.24. The number of aryl methyl sites for hydroxylation is 1. The quantitative estimate of drug-likeness (QED) is 0.742. The number of carbonyl (C=O) groups is 1. The summed E-state index contributed by atoms with van der Waals surface area (Å²) >= 11 is 0. The minimum Gasteiger partial charge on any atom is -0.497 e. The van der Waals surface area contributed by atoms with E-state index in [0.717, 1.165) is 23.5 Å². The molecule has 0 aliphatic rings. The van der Waals surface area contributed by atoms with E-state index < -0.39 is 0 Å². The van der Waals surface area contributed by atoms with Crippen LogP contribution in [0.3, 0.4) is 0 Å². The van der Waals surface area contributed by atoms with E-state index in [1.165, 1.54) is 0 Å². The van der Waals surface area contributed by atoms with Gasteiger partial charge in [-0.15, -0.1) is 0 Å². The SMILES string of the molecule is CCC(=O)CCc1cc(OC)cc(OC)c1. The Labute approximate surface area is 96.4 Å². The zero-order valence-corrected chi connectivity index (χ0v) is 10.1. The third kappa shape index (κ3) is 3.57. The van der Waals surface area contributed by atoms with E-state index in [2.05, 4.69) is 0 Å². The highest BCUT2D eigenvalue weighted by Gasteiger charge is 2.04. The van der Waals surface area contributed by atoms with Crippen LogP contribution in [0.25, 0.3) is 0 Å². The molecule has 0 amide bonds. The monoisotopic (exact) mass is 222 g/mol. The molecule has 3 nitrogen and oxygen atoms in total. The van der Waals surface area contributed by atoms with Gasteiger partial charge in [-0.05, 0) is 24.1 Å². The van der Waals surface area contributed by atoms with Crippen molar-refractivity contribution in [1.29, 1.82) is 0 Å². The van der Waals surface area contributed by atoms with Crippen molar-refractivity contribution in [2.45, 2.75) is 26.2 Å². The summed E-state index contributed by atoms with van der Waals surface area (Å²) in [5.74, 6) is 1.80. The molecule has 88 valence electrons. The average Bonchev–Trinajstić information content (AvgIpc) is 2.35. The molecule has 0 aliphatic carbocycles. The zero-order valence-electron chi connectivity index (χ0n) is 10.1. The molecule has 0 N–H and O–H groups in total. The lowest BCUT2D eigenvalue weighted by Crippen LogP contribution is -1.98. The van der Waals surface area contributed by atoms with Gasteiger partial charge in [0.25, 0.3) is 0 Å². The first-order valence-electron chi connectivity index (χ1n) is 5.43. The molecule has 0 aromatic heterocycles. The molecule has 0 aliphatic heterocycles. The summed E-state index contributed by atoms with van der Waals surface area (Å²) in [6.45, 7) is 1.88. The molecule has 0 heterocycles. The zero-order chi connectivity index (χ0) is 12.0. The fraction of sp³-hybridized carbons (Fsp3) is 0.462. The minimum absolute atomic E-state index is 0.279. The van der Waals surface area contributed by atoms with Gasteiger partial charge < -0.3 is 9.47 Å². The van der Waals surface area contributed by atoms with Gasteiger partial charge in [-0.2, -0.15) is 0 Å². The maximum Gasteiger partial charge on any atom is 0.132 e. The largest absolute Gasteiger partial charge is 0.497 e. The van der Waals surface area contributed by atoms with Crippen molar-refractivity contribution in [3.8, 4) is 11.5 Å². The van der Waals surface area contributed by atoms with Crippen LogP contribution in [-0.2, 0) is 11.2 Å². The molecule has 1 aromatic carbocycles. The molecular weight excluding hydrogens is 204 g/mol. The summed E-state index contributed by atoms with van der Waals surface area (Å²) in [6.07, 6.45) is 1.91. The first-order chi connectivity index (χ1) is 7.69. The fourth-order valence-electron chi connectivity index (χ4n) is 1.47. The van der Waals surface area contributed by atoms with E-state index in [1.54, 1.807) is 14.2 Å². The topological polar surface area (TPSA) is 35.5 Å². The van der Waals surface area contributed by atoms with Crippen LogP contribution in [0.2, 0.25) is 0 Å². The summed E-state index contributed by atoms with van der Waals surface area (Å²) in [4.78, 5) is 11.2. The van der Waals surface area contributed by atoms with Crippen molar-refractivity contribution in [3.05, 3.63) is 23.8 Å². The van der Waals surface area contributed by atoms with Gasteiger partial charge in [-0.1, -0.05) is 6.92 Å². The fourth-order valence-corrected chi connectivity index (χ4v) is 1.47. The van der Waals surface area contributed by atoms with Crippen molar-refractivity contribution in [1.82, 2.24) is 0 Å². The van der Waals surface area contributed by atoms with E-state index in [9.17, 15) is 4.79 Å². The summed E-state index contributed by atoms with van der Waals surface area (Å²) in [6, 6.07) is 5.70. The number of Topliss-reactive ketones (excluding diaryl/α,β-unsaturated/α-hetero) is 1. The lowest BCUT2D eigenvalue weighted by atomic mass is 10.1. The predicted octanol–water partition coefficient (Wildman–Crippen LogP) is 2.62. The molecule has 1 rings (SSSR count). The second-order valence-electron chi connectivity index (χ2n) is 3.61. The Kier molecular flexibility index (Phi) is 4.83. The average molecular weight is 222 g/mol. The first-order valence-corrected chi connectivity index (χ1v) is 5.43. The molecule has 16 heavy (non-hydrogen) atoms. The van der Waals surface area contributed by atoms with Gasteiger partial charge in [-0.3, -0.25) is 4.79 Å². The molecular formula is C13H18O3. The van der Waals surface area contributed by atoms with Gasteiger partial charge in [0, 0.05) is 18.9 Å². The lowest BCUT2D eigenvalue weighted by molar-refractivity contribution is -0.118. The van der Waals surface area contributed by atoms with Crippen LogP contribution in [0.1, 0.15) is 25.3 Å². The number of hydrogen-bond donors (Lipinski definition) is 0. The van der Waals surface area contributed by atoms with Crippen molar-refractivity contribution in [3.63, 3.8) is 0 Å². The van der Waals surface area contributed by atoms with Crippen LogP contribution in [-0.4, -0.2) is 20.0 Å². The molecule has 0 atom stereocenters. The number of methoxy groups -OCH3 is 2. The lowest BCUT2D eigenvalue weighted by Gasteiger charge is -2.07. The normalized spacial score (nSPS) is 9.94. The standard InChI is InChI=1S/C13H18O3/c1-4-11(14)6-5-10-7-12(15-2)9-13(8-10)16-3/h7-9H,4-6H2,1-3H3. The van der Waals surface area contributed by atoms with Gasteiger partial charge >= 0.3 is 0 Å². The van der Waals surface area contributed by atoms with Gasteiger partial charge in [-0.25, -0.2) is 0 Å². The molecule has 0 bridgehead atoms. The van der Waals surface area contributed by atoms with E-state index in [0.29, 0.717) is 12.8 Å². The molecule has 1 aromatic rings. The molecule has 0 saturated carbocycles. The maximum absolute atomic E-state index is 11.2. The number of carbonyl (C=O) groups excluding carboxylic acids is 1. The molecule has 0 spiro atoms. The Balaban J connectivity index is 2.74. The van der Waals surface area contributed by atoms with Crippen LogP contribution in [0.4, 0.5) is 0 Å². The molecule has 0 fully saturated rings. The number of ketones is 1. The first kappa shape index (κ1) is 12.6. The van der Waals surface area contributed by atoms with E-state index in [4.69, 9.17) is 9.47 Å². The Morgan fingerprint density at radius 3 is 2.12 bits per heavy atom.